The number of hydrogen-bond donors (Lipinski definition) is 2. The highest BCUT2D eigenvalue weighted by atomic mass is 16.3. The first kappa shape index (κ1) is 10.1. The zero-order chi connectivity index (χ0) is 10.8. The van der Waals surface area contributed by atoms with E-state index in [-0.39, 0.29) is 12.6 Å². The summed E-state index contributed by atoms with van der Waals surface area (Å²) in [7, 11) is 0. The van der Waals surface area contributed by atoms with E-state index < -0.39 is 0 Å². The van der Waals surface area contributed by atoms with Crippen LogP contribution in [0.2, 0.25) is 0 Å². The summed E-state index contributed by atoms with van der Waals surface area (Å²) in [5.74, 6) is -0.0227. The lowest BCUT2D eigenvalue weighted by atomic mass is 9.99. The predicted molar refractivity (Wildman–Crippen MR) is 57.2 cm³/mol. The van der Waals surface area contributed by atoms with E-state index >= 15 is 0 Å². The third kappa shape index (κ3) is 1.73. The number of fused-ring (bicyclic) bond motifs is 1. The van der Waals surface area contributed by atoms with Crippen molar-refractivity contribution < 1.29 is 9.90 Å². The molecule has 3 N–H and O–H groups in total. The lowest BCUT2D eigenvalue weighted by Crippen LogP contribution is -2.35. The molecule has 0 spiro atoms. The topological polar surface area (TPSA) is 66.6 Å². The van der Waals surface area contributed by atoms with Crippen molar-refractivity contribution in [2.75, 3.05) is 11.6 Å². The van der Waals surface area contributed by atoms with Gasteiger partial charge in [0.15, 0.2) is 0 Å². The van der Waals surface area contributed by atoms with Crippen LogP contribution in [0, 0.1) is 0 Å². The van der Waals surface area contributed by atoms with Crippen molar-refractivity contribution in [2.24, 2.45) is 5.73 Å². The van der Waals surface area contributed by atoms with Gasteiger partial charge in [0.25, 0.3) is 0 Å². The Balaban J connectivity index is 2.42. The molecule has 0 aliphatic carbocycles. The number of amides is 1. The molecule has 15 heavy (non-hydrogen) atoms. The monoisotopic (exact) mass is 206 g/mol. The van der Waals surface area contributed by atoms with Crippen LogP contribution in [0.25, 0.3) is 0 Å². The van der Waals surface area contributed by atoms with Gasteiger partial charge in [-0.05, 0) is 23.6 Å². The molecule has 0 saturated heterocycles. The first-order valence-corrected chi connectivity index (χ1v) is 4.99. The van der Waals surface area contributed by atoms with Gasteiger partial charge < -0.3 is 10.8 Å². The Morgan fingerprint density at radius 1 is 1.40 bits per heavy atom. The summed E-state index contributed by atoms with van der Waals surface area (Å²) in [6, 6.07) is 5.75. The van der Waals surface area contributed by atoms with Crippen LogP contribution in [-0.4, -0.2) is 17.7 Å². The SMILES string of the molecule is NCc1ccc2c(c1)CCC(=O)N2CO. The second-order valence-electron chi connectivity index (χ2n) is 3.63. The molecule has 0 unspecified atom stereocenters. The van der Waals surface area contributed by atoms with Gasteiger partial charge in [-0.15, -0.1) is 0 Å². The van der Waals surface area contributed by atoms with Gasteiger partial charge in [-0.1, -0.05) is 12.1 Å². The molecule has 0 bridgehead atoms. The fourth-order valence-corrected chi connectivity index (χ4v) is 1.90. The quantitative estimate of drug-likeness (QED) is 0.735. The summed E-state index contributed by atoms with van der Waals surface area (Å²) in [5.41, 5.74) is 8.50. The third-order valence-corrected chi connectivity index (χ3v) is 2.72. The maximum Gasteiger partial charge on any atom is 0.229 e. The lowest BCUT2D eigenvalue weighted by molar-refractivity contribution is -0.119. The van der Waals surface area contributed by atoms with Crippen molar-refractivity contribution in [3.05, 3.63) is 29.3 Å². The van der Waals surface area contributed by atoms with Crippen molar-refractivity contribution in [1.29, 1.82) is 0 Å². The average Bonchev–Trinajstić information content (AvgIpc) is 2.28. The van der Waals surface area contributed by atoms with Gasteiger partial charge in [0.05, 0.1) is 0 Å². The molecule has 1 amide bonds. The van der Waals surface area contributed by atoms with Crippen LogP contribution in [0.15, 0.2) is 18.2 Å². The van der Waals surface area contributed by atoms with Crippen molar-refractivity contribution >= 4 is 11.6 Å². The molecular weight excluding hydrogens is 192 g/mol. The summed E-state index contributed by atoms with van der Waals surface area (Å²) in [6.07, 6.45) is 1.19. The van der Waals surface area contributed by atoms with E-state index in [0.717, 1.165) is 23.2 Å². The van der Waals surface area contributed by atoms with Gasteiger partial charge >= 0.3 is 0 Å². The largest absolute Gasteiger partial charge is 0.376 e. The van der Waals surface area contributed by atoms with Crippen molar-refractivity contribution in [1.82, 2.24) is 0 Å². The molecule has 4 heteroatoms. The van der Waals surface area contributed by atoms with Crippen LogP contribution in [0.4, 0.5) is 5.69 Å². The van der Waals surface area contributed by atoms with E-state index in [2.05, 4.69) is 0 Å². The molecule has 1 aliphatic heterocycles. The van der Waals surface area contributed by atoms with E-state index in [0.29, 0.717) is 13.0 Å². The number of carbonyl (C=O) groups excluding carboxylic acids is 1. The zero-order valence-corrected chi connectivity index (χ0v) is 8.44. The molecule has 2 rings (SSSR count). The van der Waals surface area contributed by atoms with E-state index in [9.17, 15) is 4.79 Å². The summed E-state index contributed by atoms with van der Waals surface area (Å²) < 4.78 is 0. The minimum absolute atomic E-state index is 0.0227. The van der Waals surface area contributed by atoms with Crippen molar-refractivity contribution in [2.45, 2.75) is 19.4 Å². The summed E-state index contributed by atoms with van der Waals surface area (Å²) >= 11 is 0. The highest BCUT2D eigenvalue weighted by Gasteiger charge is 2.23. The van der Waals surface area contributed by atoms with E-state index in [1.165, 1.54) is 4.90 Å². The van der Waals surface area contributed by atoms with Gasteiger partial charge in [0.2, 0.25) is 5.91 Å². The van der Waals surface area contributed by atoms with E-state index in [1.54, 1.807) is 0 Å². The Labute approximate surface area is 88.3 Å². The first-order valence-electron chi connectivity index (χ1n) is 4.99. The average molecular weight is 206 g/mol. The number of nitrogens with zero attached hydrogens (tertiary/aromatic N) is 1. The number of aliphatic hydroxyl groups excluding tert-OH is 1. The minimum atomic E-state index is -0.256. The maximum atomic E-state index is 11.5. The van der Waals surface area contributed by atoms with E-state index in [1.807, 2.05) is 18.2 Å². The highest BCUT2D eigenvalue weighted by Crippen LogP contribution is 2.28. The Hall–Kier alpha value is -1.39. The first-order chi connectivity index (χ1) is 7.26. The number of aliphatic hydroxyl groups is 1. The maximum absolute atomic E-state index is 11.5. The standard InChI is InChI=1S/C11H14N2O2/c12-6-8-1-3-10-9(5-8)2-4-11(15)13(10)7-14/h1,3,5,14H,2,4,6-7,12H2. The lowest BCUT2D eigenvalue weighted by Gasteiger charge is -2.27. The Morgan fingerprint density at radius 3 is 2.87 bits per heavy atom. The van der Waals surface area contributed by atoms with Gasteiger partial charge in [-0.2, -0.15) is 0 Å². The number of nitrogens with two attached hydrogens (primary N) is 1. The number of aryl methyl sites for hydroxylation is 1. The number of anilines is 1. The zero-order valence-electron chi connectivity index (χ0n) is 8.44. The van der Waals surface area contributed by atoms with Gasteiger partial charge in [-0.3, -0.25) is 9.69 Å². The number of hydrogen-bond acceptors (Lipinski definition) is 3. The molecule has 1 heterocycles. The Morgan fingerprint density at radius 2 is 2.20 bits per heavy atom. The second-order valence-corrected chi connectivity index (χ2v) is 3.63. The molecule has 1 aromatic carbocycles. The smallest absolute Gasteiger partial charge is 0.229 e. The molecule has 1 aliphatic rings. The van der Waals surface area contributed by atoms with Crippen LogP contribution in [0.3, 0.4) is 0 Å². The van der Waals surface area contributed by atoms with Gasteiger partial charge in [0.1, 0.15) is 6.73 Å². The molecule has 1 aromatic rings. The second kappa shape index (κ2) is 4.00. The fourth-order valence-electron chi connectivity index (χ4n) is 1.90. The molecular formula is C11H14N2O2. The van der Waals surface area contributed by atoms with Crippen LogP contribution in [-0.2, 0) is 17.8 Å². The fraction of sp³-hybridized carbons (Fsp3) is 0.364. The minimum Gasteiger partial charge on any atom is -0.376 e. The number of rotatable bonds is 2. The van der Waals surface area contributed by atoms with Crippen LogP contribution < -0.4 is 10.6 Å². The molecule has 4 nitrogen and oxygen atoms in total. The molecule has 0 saturated carbocycles. The van der Waals surface area contributed by atoms with Crippen LogP contribution >= 0.6 is 0 Å². The van der Waals surface area contributed by atoms with Crippen molar-refractivity contribution in [3.8, 4) is 0 Å². The molecule has 80 valence electrons. The highest BCUT2D eigenvalue weighted by molar-refractivity contribution is 5.96. The van der Waals surface area contributed by atoms with Gasteiger partial charge in [0, 0.05) is 18.7 Å². The summed E-state index contributed by atoms with van der Waals surface area (Å²) in [4.78, 5) is 12.9. The molecule has 0 fully saturated rings. The van der Waals surface area contributed by atoms with Crippen molar-refractivity contribution in [3.63, 3.8) is 0 Å². The summed E-state index contributed by atoms with van der Waals surface area (Å²) in [5, 5.41) is 9.12. The number of benzene rings is 1. The Kier molecular flexibility index (Phi) is 2.70. The normalized spacial score (nSPS) is 15.3. The third-order valence-electron chi connectivity index (χ3n) is 2.72. The molecule has 0 atom stereocenters. The number of carbonyl (C=O) groups is 1. The Bertz CT molecular complexity index is 390. The predicted octanol–water partition coefficient (Wildman–Crippen LogP) is 0.374. The molecule has 0 radical (unpaired) electrons. The summed E-state index contributed by atoms with van der Waals surface area (Å²) in [6.45, 7) is 0.244. The van der Waals surface area contributed by atoms with Crippen LogP contribution in [0.1, 0.15) is 17.5 Å². The van der Waals surface area contributed by atoms with Gasteiger partial charge in [-0.25, -0.2) is 0 Å². The van der Waals surface area contributed by atoms with E-state index in [4.69, 9.17) is 10.8 Å². The molecule has 0 aromatic heterocycles. The van der Waals surface area contributed by atoms with Crippen LogP contribution in [0.5, 0.6) is 0 Å².